The summed E-state index contributed by atoms with van der Waals surface area (Å²) in [6.45, 7) is 7.73. The molecule has 0 radical (unpaired) electrons. The van der Waals surface area contributed by atoms with Crippen LogP contribution in [0.3, 0.4) is 0 Å². The normalized spacial score (nSPS) is 10.8. The van der Waals surface area contributed by atoms with Crippen LogP contribution >= 0.6 is 0 Å². The summed E-state index contributed by atoms with van der Waals surface area (Å²) in [4.78, 5) is 1.97. The van der Waals surface area contributed by atoms with Crippen LogP contribution in [0.1, 0.15) is 22.3 Å². The third-order valence-corrected chi connectivity index (χ3v) is 5.54. The molecule has 5 nitrogen and oxygen atoms in total. The molecule has 0 aliphatic heterocycles. The van der Waals surface area contributed by atoms with Crippen LogP contribution in [0, 0.1) is 27.7 Å². The van der Waals surface area contributed by atoms with E-state index >= 15 is 0 Å². The minimum absolute atomic E-state index is 0.161. The van der Waals surface area contributed by atoms with Gasteiger partial charge in [-0.3, -0.25) is 0 Å². The van der Waals surface area contributed by atoms with Gasteiger partial charge in [0.2, 0.25) is 0 Å². The lowest BCUT2D eigenvalue weighted by Gasteiger charge is -2.26. The maximum absolute atomic E-state index is 10.2. The fourth-order valence-electron chi connectivity index (χ4n) is 3.90. The Morgan fingerprint density at radius 3 is 1.61 bits per heavy atom. The highest BCUT2D eigenvalue weighted by atomic mass is 16.5. The van der Waals surface area contributed by atoms with E-state index in [0.717, 1.165) is 39.3 Å². The number of aromatic hydroxyl groups is 3. The third-order valence-electron chi connectivity index (χ3n) is 5.54. The van der Waals surface area contributed by atoms with Gasteiger partial charge in [0.15, 0.2) is 0 Å². The molecule has 0 bridgehead atoms. The SMILES string of the molecule is Cc1cc(O)cc(N(c2ccc(Oc3cc(O)cc(C)c3C)cc2)c2cc(C)cc(O)c2)c1. The molecule has 0 aromatic heterocycles. The van der Waals surface area contributed by atoms with Crippen LogP contribution in [0.5, 0.6) is 28.7 Å². The summed E-state index contributed by atoms with van der Waals surface area (Å²) in [5, 5.41) is 30.3. The summed E-state index contributed by atoms with van der Waals surface area (Å²) in [6, 6.07) is 21.6. The Morgan fingerprint density at radius 1 is 0.576 bits per heavy atom. The highest BCUT2D eigenvalue weighted by molar-refractivity contribution is 5.78. The van der Waals surface area contributed by atoms with E-state index in [2.05, 4.69) is 0 Å². The maximum Gasteiger partial charge on any atom is 0.134 e. The van der Waals surface area contributed by atoms with Crippen molar-refractivity contribution in [3.8, 4) is 28.7 Å². The highest BCUT2D eigenvalue weighted by Gasteiger charge is 2.16. The average molecular weight is 442 g/mol. The van der Waals surface area contributed by atoms with Crippen LogP contribution in [-0.2, 0) is 0 Å². The van der Waals surface area contributed by atoms with Gasteiger partial charge in [-0.05, 0) is 105 Å². The number of benzene rings is 4. The monoisotopic (exact) mass is 441 g/mol. The molecule has 3 N–H and O–H groups in total. The molecule has 33 heavy (non-hydrogen) atoms. The first-order valence-corrected chi connectivity index (χ1v) is 10.7. The van der Waals surface area contributed by atoms with Gasteiger partial charge in [0.25, 0.3) is 0 Å². The molecule has 0 aliphatic carbocycles. The fourth-order valence-corrected chi connectivity index (χ4v) is 3.90. The minimum Gasteiger partial charge on any atom is -0.508 e. The summed E-state index contributed by atoms with van der Waals surface area (Å²) < 4.78 is 6.03. The molecule has 0 saturated heterocycles. The van der Waals surface area contributed by atoms with Crippen LogP contribution < -0.4 is 9.64 Å². The highest BCUT2D eigenvalue weighted by Crippen LogP contribution is 2.39. The van der Waals surface area contributed by atoms with Crippen LogP contribution in [0.2, 0.25) is 0 Å². The predicted octanol–water partition coefficient (Wildman–Crippen LogP) is 7.30. The quantitative estimate of drug-likeness (QED) is 0.303. The summed E-state index contributed by atoms with van der Waals surface area (Å²) in [6.07, 6.45) is 0. The molecule has 0 atom stereocenters. The van der Waals surface area contributed by atoms with Crippen LogP contribution in [-0.4, -0.2) is 15.3 Å². The molecule has 168 valence electrons. The molecule has 4 aromatic carbocycles. The van der Waals surface area contributed by atoms with Crippen molar-refractivity contribution in [2.24, 2.45) is 0 Å². The lowest BCUT2D eigenvalue weighted by Crippen LogP contribution is -2.10. The molecule has 4 aromatic rings. The maximum atomic E-state index is 10.2. The van der Waals surface area contributed by atoms with E-state index in [1.54, 1.807) is 36.4 Å². The van der Waals surface area contributed by atoms with E-state index < -0.39 is 0 Å². The van der Waals surface area contributed by atoms with E-state index in [-0.39, 0.29) is 17.2 Å². The van der Waals surface area contributed by atoms with Crippen molar-refractivity contribution in [2.45, 2.75) is 27.7 Å². The first-order chi connectivity index (χ1) is 15.7. The zero-order valence-electron chi connectivity index (χ0n) is 19.1. The average Bonchev–Trinajstić information content (AvgIpc) is 2.72. The first-order valence-electron chi connectivity index (χ1n) is 10.7. The number of aryl methyl sites for hydroxylation is 3. The Morgan fingerprint density at radius 2 is 1.09 bits per heavy atom. The van der Waals surface area contributed by atoms with E-state index in [0.29, 0.717) is 11.5 Å². The second kappa shape index (κ2) is 8.79. The van der Waals surface area contributed by atoms with Crippen LogP contribution in [0.15, 0.2) is 72.8 Å². The van der Waals surface area contributed by atoms with Gasteiger partial charge in [0.1, 0.15) is 28.7 Å². The largest absolute Gasteiger partial charge is 0.508 e. The lowest BCUT2D eigenvalue weighted by molar-refractivity contribution is 0.452. The van der Waals surface area contributed by atoms with Crippen LogP contribution in [0.4, 0.5) is 17.1 Å². The molecule has 4 rings (SSSR count). The van der Waals surface area contributed by atoms with Gasteiger partial charge in [-0.1, -0.05) is 0 Å². The second-order valence-electron chi connectivity index (χ2n) is 8.37. The van der Waals surface area contributed by atoms with Gasteiger partial charge < -0.3 is 25.0 Å². The molecule has 0 amide bonds. The molecule has 0 unspecified atom stereocenters. The lowest BCUT2D eigenvalue weighted by atomic mass is 10.1. The number of anilines is 3. The summed E-state index contributed by atoms with van der Waals surface area (Å²) in [7, 11) is 0. The van der Waals surface area contributed by atoms with Gasteiger partial charge in [-0.25, -0.2) is 0 Å². The number of hydrogen-bond acceptors (Lipinski definition) is 5. The smallest absolute Gasteiger partial charge is 0.134 e. The van der Waals surface area contributed by atoms with Crippen molar-refractivity contribution >= 4 is 17.1 Å². The fraction of sp³-hybridized carbons (Fsp3) is 0.143. The van der Waals surface area contributed by atoms with Gasteiger partial charge in [-0.2, -0.15) is 0 Å². The van der Waals surface area contributed by atoms with Crippen molar-refractivity contribution in [2.75, 3.05) is 4.90 Å². The zero-order valence-corrected chi connectivity index (χ0v) is 19.1. The topological polar surface area (TPSA) is 73.2 Å². The van der Waals surface area contributed by atoms with Crippen LogP contribution in [0.25, 0.3) is 0 Å². The van der Waals surface area contributed by atoms with Crippen molar-refractivity contribution < 1.29 is 20.1 Å². The molecular formula is C28H27NO4. The molecule has 0 aliphatic rings. The number of rotatable bonds is 5. The van der Waals surface area contributed by atoms with E-state index in [1.807, 2.05) is 69.0 Å². The molecule has 5 heteroatoms. The standard InChI is InChI=1S/C28H27NO4/c1-17-9-22(14-24(30)11-17)29(23-10-18(2)12-25(31)15-23)21-5-7-27(8-6-21)33-28-16-26(32)13-19(3)20(28)4/h5-16,30-32H,1-4H3. The minimum atomic E-state index is 0.161. The molecular weight excluding hydrogens is 414 g/mol. The molecule has 0 fully saturated rings. The number of ether oxygens (including phenoxy) is 1. The Bertz CT molecular complexity index is 1220. The summed E-state index contributed by atoms with van der Waals surface area (Å²) in [5.41, 5.74) is 6.12. The van der Waals surface area contributed by atoms with Gasteiger partial charge in [0.05, 0.1) is 11.4 Å². The van der Waals surface area contributed by atoms with Crippen molar-refractivity contribution in [3.63, 3.8) is 0 Å². The summed E-state index contributed by atoms with van der Waals surface area (Å²) >= 11 is 0. The molecule has 0 saturated carbocycles. The van der Waals surface area contributed by atoms with Crippen molar-refractivity contribution in [1.29, 1.82) is 0 Å². The number of hydrogen-bond donors (Lipinski definition) is 3. The van der Waals surface area contributed by atoms with Crippen molar-refractivity contribution in [3.05, 3.63) is 95.1 Å². The Hall–Kier alpha value is -4.12. The first kappa shape index (κ1) is 22.1. The third kappa shape index (κ3) is 4.88. The van der Waals surface area contributed by atoms with Gasteiger partial charge >= 0.3 is 0 Å². The zero-order chi connectivity index (χ0) is 23.7. The van der Waals surface area contributed by atoms with E-state index in [1.165, 1.54) is 0 Å². The number of phenols is 3. The number of nitrogens with zero attached hydrogens (tertiary/aromatic N) is 1. The summed E-state index contributed by atoms with van der Waals surface area (Å²) in [5.74, 6) is 1.73. The van der Waals surface area contributed by atoms with Gasteiger partial charge in [-0.15, -0.1) is 0 Å². The molecule has 0 spiro atoms. The Balaban J connectivity index is 1.75. The Kier molecular flexibility index (Phi) is 5.88. The Labute approximate surface area is 193 Å². The van der Waals surface area contributed by atoms with Crippen molar-refractivity contribution in [1.82, 2.24) is 0 Å². The van der Waals surface area contributed by atoms with E-state index in [9.17, 15) is 15.3 Å². The van der Waals surface area contributed by atoms with E-state index in [4.69, 9.17) is 4.74 Å². The molecule has 0 heterocycles. The number of phenolic OH excluding ortho intramolecular Hbond substituents is 3. The van der Waals surface area contributed by atoms with Gasteiger partial charge in [0, 0.05) is 23.9 Å². The second-order valence-corrected chi connectivity index (χ2v) is 8.37. The predicted molar refractivity (Wildman–Crippen MR) is 132 cm³/mol.